The molecule has 3 atom stereocenters. The van der Waals surface area contributed by atoms with Crippen LogP contribution in [0, 0.1) is 11.6 Å². The summed E-state index contributed by atoms with van der Waals surface area (Å²) >= 11 is 0. The van der Waals surface area contributed by atoms with Gasteiger partial charge in [0.25, 0.3) is 0 Å². The maximum Gasteiger partial charge on any atom is 0.243 e. The van der Waals surface area contributed by atoms with E-state index in [-0.39, 0.29) is 40.7 Å². The van der Waals surface area contributed by atoms with Gasteiger partial charge in [-0.25, -0.2) is 18.7 Å². The second-order valence-corrected chi connectivity index (χ2v) is 10.3. The van der Waals surface area contributed by atoms with E-state index in [0.717, 1.165) is 17.9 Å². The Kier molecular flexibility index (Phi) is 7.96. The number of pyridine rings is 2. The molecule has 10 nitrogen and oxygen atoms in total. The minimum absolute atomic E-state index is 0.0737. The van der Waals surface area contributed by atoms with Crippen molar-refractivity contribution in [2.45, 2.75) is 31.0 Å². The number of ether oxygens (including phenoxy) is 4. The lowest BCUT2D eigenvalue weighted by molar-refractivity contribution is -0.117. The van der Waals surface area contributed by atoms with E-state index in [1.54, 1.807) is 19.4 Å². The number of hydrogen-bond donors (Lipinski definition) is 2. The number of anilines is 2. The molecule has 3 aromatic rings. The van der Waals surface area contributed by atoms with Crippen molar-refractivity contribution >= 4 is 28.3 Å². The highest BCUT2D eigenvalue weighted by Crippen LogP contribution is 2.40. The number of amides is 1. The molecule has 1 aromatic carbocycles. The molecule has 2 fully saturated rings. The number of benzene rings is 1. The van der Waals surface area contributed by atoms with E-state index < -0.39 is 17.2 Å². The molecule has 0 bridgehead atoms. The normalized spacial score (nSPS) is 22.1. The molecular formula is C29H33F2N5O5. The summed E-state index contributed by atoms with van der Waals surface area (Å²) < 4.78 is 52.6. The van der Waals surface area contributed by atoms with Gasteiger partial charge in [-0.3, -0.25) is 4.79 Å². The fraction of sp³-hybridized carbons (Fsp3) is 0.414. The molecule has 1 amide bonds. The Morgan fingerprint density at radius 2 is 1.85 bits per heavy atom. The molecule has 5 rings (SSSR count). The Hall–Kier alpha value is -4.03. The summed E-state index contributed by atoms with van der Waals surface area (Å²) in [7, 11) is 4.27. The van der Waals surface area contributed by atoms with E-state index in [0.29, 0.717) is 43.3 Å². The number of carbonyl (C=O) groups excluding carboxylic acids is 1. The molecular weight excluding hydrogens is 536 g/mol. The zero-order valence-corrected chi connectivity index (χ0v) is 23.4. The topological polar surface area (TPSA) is 107 Å². The second kappa shape index (κ2) is 11.5. The minimum atomic E-state index is -0.883. The largest absolute Gasteiger partial charge is 0.494 e. The van der Waals surface area contributed by atoms with E-state index >= 15 is 8.78 Å². The first kappa shape index (κ1) is 28.5. The fourth-order valence-electron chi connectivity index (χ4n) is 5.24. The highest BCUT2D eigenvalue weighted by atomic mass is 19.1. The van der Waals surface area contributed by atoms with E-state index in [4.69, 9.17) is 23.9 Å². The van der Waals surface area contributed by atoms with Crippen LogP contribution < -0.4 is 25.0 Å². The molecule has 0 spiro atoms. The van der Waals surface area contributed by atoms with E-state index in [9.17, 15) is 4.79 Å². The highest BCUT2D eigenvalue weighted by molar-refractivity contribution is 5.96. The van der Waals surface area contributed by atoms with Crippen LogP contribution in [0.4, 0.5) is 20.4 Å². The molecule has 218 valence electrons. The van der Waals surface area contributed by atoms with Gasteiger partial charge in [0.05, 0.1) is 56.4 Å². The quantitative estimate of drug-likeness (QED) is 0.373. The van der Waals surface area contributed by atoms with Crippen molar-refractivity contribution in [1.29, 1.82) is 0 Å². The van der Waals surface area contributed by atoms with Crippen LogP contribution in [-0.2, 0) is 14.3 Å². The first-order valence-corrected chi connectivity index (χ1v) is 13.2. The van der Waals surface area contributed by atoms with Gasteiger partial charge in [0.1, 0.15) is 11.6 Å². The summed E-state index contributed by atoms with van der Waals surface area (Å²) in [5.74, 6) is -1.31. The predicted molar refractivity (Wildman–Crippen MR) is 151 cm³/mol. The molecule has 12 heteroatoms. The summed E-state index contributed by atoms with van der Waals surface area (Å²) in [5.41, 5.74) is -0.695. The average Bonchev–Trinajstić information content (AvgIpc) is 3.59. The summed E-state index contributed by atoms with van der Waals surface area (Å²) in [6.45, 7) is 7.39. The van der Waals surface area contributed by atoms with Crippen LogP contribution >= 0.6 is 0 Å². The number of hydrogen-bond acceptors (Lipinski definition) is 9. The molecule has 1 unspecified atom stereocenters. The van der Waals surface area contributed by atoms with Gasteiger partial charge in [-0.05, 0) is 31.6 Å². The van der Waals surface area contributed by atoms with Gasteiger partial charge in [-0.1, -0.05) is 6.58 Å². The molecule has 0 radical (unpaired) electrons. The van der Waals surface area contributed by atoms with Crippen LogP contribution in [-0.4, -0.2) is 81.2 Å². The van der Waals surface area contributed by atoms with Crippen molar-refractivity contribution in [3.8, 4) is 22.8 Å². The number of halogens is 2. The number of methoxy groups -OCH3 is 3. The highest BCUT2D eigenvalue weighted by Gasteiger charge is 2.36. The third-order valence-corrected chi connectivity index (χ3v) is 7.68. The lowest BCUT2D eigenvalue weighted by Gasteiger charge is -2.25. The lowest BCUT2D eigenvalue weighted by atomic mass is 10.0. The number of carbonyl (C=O) groups is 1. The van der Waals surface area contributed by atoms with Crippen LogP contribution in [0.2, 0.25) is 0 Å². The third kappa shape index (κ3) is 5.49. The van der Waals surface area contributed by atoms with Crippen LogP contribution in [0.25, 0.3) is 22.0 Å². The summed E-state index contributed by atoms with van der Waals surface area (Å²) in [5, 5.41) is 7.56. The van der Waals surface area contributed by atoms with Crippen molar-refractivity contribution in [1.82, 2.24) is 15.3 Å². The predicted octanol–water partition coefficient (Wildman–Crippen LogP) is 3.69. The third-order valence-electron chi connectivity index (χ3n) is 7.68. The zero-order chi connectivity index (χ0) is 29.3. The van der Waals surface area contributed by atoms with Gasteiger partial charge in [0.2, 0.25) is 5.91 Å². The molecule has 2 saturated heterocycles. The monoisotopic (exact) mass is 569 g/mol. The van der Waals surface area contributed by atoms with Crippen LogP contribution in [0.5, 0.6) is 11.5 Å². The standard InChI is InChI=1S/C29H33F2N5O5/c1-6-24(37)34-20-14-41-13-19(20)33-23-10-17-16(12-32-23)9-18(35-28(17)36-8-7-29(2,15-36)40-5)25-26(30)21(38-3)11-22(39-4)27(25)31/h6,9-12,19-20H,1,7-8,13-15H2,2-5H3,(H,32,33)(H,34,37)/t19-,20+,29?/m1/s1. The maximum atomic E-state index is 15.5. The van der Waals surface area contributed by atoms with E-state index in [1.807, 2.05) is 17.9 Å². The number of rotatable bonds is 9. The Morgan fingerprint density at radius 3 is 2.49 bits per heavy atom. The molecule has 41 heavy (non-hydrogen) atoms. The molecule has 0 aliphatic carbocycles. The average molecular weight is 570 g/mol. The van der Waals surface area contributed by atoms with E-state index in [2.05, 4.69) is 22.2 Å². The molecule has 2 aromatic heterocycles. The van der Waals surface area contributed by atoms with Gasteiger partial charge in [-0.15, -0.1) is 0 Å². The Bertz CT molecular complexity index is 1460. The summed E-state index contributed by atoms with van der Waals surface area (Å²) in [4.78, 5) is 23.3. The fourth-order valence-corrected chi connectivity index (χ4v) is 5.24. The molecule has 2 aliphatic heterocycles. The smallest absolute Gasteiger partial charge is 0.243 e. The van der Waals surface area contributed by atoms with Gasteiger partial charge < -0.3 is 34.5 Å². The molecule has 0 saturated carbocycles. The number of aromatic nitrogens is 2. The van der Waals surface area contributed by atoms with Crippen LogP contribution in [0.1, 0.15) is 13.3 Å². The van der Waals surface area contributed by atoms with Crippen molar-refractivity contribution in [3.63, 3.8) is 0 Å². The zero-order valence-electron chi connectivity index (χ0n) is 23.4. The van der Waals surface area contributed by atoms with E-state index in [1.165, 1.54) is 20.3 Å². The van der Waals surface area contributed by atoms with Gasteiger partial charge in [0, 0.05) is 43.2 Å². The Labute approximate surface area is 236 Å². The van der Waals surface area contributed by atoms with Crippen LogP contribution in [0.3, 0.4) is 0 Å². The molecule has 4 heterocycles. The van der Waals surface area contributed by atoms with Crippen molar-refractivity contribution in [2.75, 3.05) is 57.8 Å². The Balaban J connectivity index is 1.61. The summed E-state index contributed by atoms with van der Waals surface area (Å²) in [6, 6.07) is 4.10. The summed E-state index contributed by atoms with van der Waals surface area (Å²) in [6.07, 6.45) is 3.58. The number of nitrogens with zero attached hydrogens (tertiary/aromatic N) is 3. The minimum Gasteiger partial charge on any atom is -0.494 e. The van der Waals surface area contributed by atoms with Crippen LogP contribution in [0.15, 0.2) is 37.1 Å². The van der Waals surface area contributed by atoms with Crippen molar-refractivity contribution in [2.24, 2.45) is 0 Å². The van der Waals surface area contributed by atoms with Gasteiger partial charge >= 0.3 is 0 Å². The lowest BCUT2D eigenvalue weighted by Crippen LogP contribution is -2.45. The van der Waals surface area contributed by atoms with Gasteiger partial charge in [0.15, 0.2) is 23.1 Å². The molecule has 2 aliphatic rings. The number of fused-ring (bicyclic) bond motifs is 1. The maximum absolute atomic E-state index is 15.5. The first-order chi connectivity index (χ1) is 19.7. The van der Waals surface area contributed by atoms with Gasteiger partial charge in [-0.2, -0.15) is 0 Å². The second-order valence-electron chi connectivity index (χ2n) is 10.3. The SMILES string of the molecule is C=CC(=O)N[C@H]1COC[C@H]1Nc1cc2c(N3CCC(C)(OC)C3)nc(-c3c(F)c(OC)cc(OC)c3F)cc2cn1. The van der Waals surface area contributed by atoms with Crippen molar-refractivity contribution < 1.29 is 32.5 Å². The van der Waals surface area contributed by atoms with Crippen molar-refractivity contribution in [3.05, 3.63) is 48.7 Å². The first-order valence-electron chi connectivity index (χ1n) is 13.2. The Morgan fingerprint density at radius 1 is 1.15 bits per heavy atom. The number of nitrogens with one attached hydrogen (secondary N) is 2. The molecule has 2 N–H and O–H groups in total.